The van der Waals surface area contributed by atoms with Crippen molar-refractivity contribution in [2.75, 3.05) is 39.3 Å². The van der Waals surface area contributed by atoms with Crippen LogP contribution in [0.15, 0.2) is 0 Å². The van der Waals surface area contributed by atoms with Crippen LogP contribution >= 0.6 is 0 Å². The number of hydrogen-bond acceptors (Lipinski definition) is 3. The number of hydrogen-bond donors (Lipinski definition) is 1. The number of nitrogens with two attached hydrogens (primary N) is 1. The number of piperazine rings is 1. The molecule has 1 atom stereocenters. The summed E-state index contributed by atoms with van der Waals surface area (Å²) in [5.41, 5.74) is 5.49. The minimum atomic E-state index is 0.142. The Morgan fingerprint density at radius 1 is 1.28 bits per heavy atom. The van der Waals surface area contributed by atoms with E-state index in [1.54, 1.807) is 0 Å². The van der Waals surface area contributed by atoms with Gasteiger partial charge in [0.2, 0.25) is 5.91 Å². The summed E-state index contributed by atoms with van der Waals surface area (Å²) in [5, 5.41) is 0. The summed E-state index contributed by atoms with van der Waals surface area (Å²) in [6.07, 6.45) is 4.71. The Labute approximate surface area is 110 Å². The second-order valence-corrected chi connectivity index (χ2v) is 5.90. The van der Waals surface area contributed by atoms with Crippen LogP contribution in [0.4, 0.5) is 0 Å². The van der Waals surface area contributed by atoms with Crippen molar-refractivity contribution >= 4 is 5.91 Å². The Balaban J connectivity index is 1.68. The van der Waals surface area contributed by atoms with Crippen LogP contribution in [0.5, 0.6) is 0 Å². The lowest BCUT2D eigenvalue weighted by Gasteiger charge is -2.36. The molecule has 1 heterocycles. The smallest absolute Gasteiger partial charge is 0.225 e. The predicted molar refractivity (Wildman–Crippen MR) is 73.2 cm³/mol. The molecule has 1 amide bonds. The molecule has 0 aromatic carbocycles. The highest BCUT2D eigenvalue weighted by atomic mass is 16.2. The van der Waals surface area contributed by atoms with Gasteiger partial charge in [-0.15, -0.1) is 0 Å². The Hall–Kier alpha value is -0.610. The first-order valence-corrected chi connectivity index (χ1v) is 7.42. The average molecular weight is 253 g/mol. The maximum absolute atomic E-state index is 12.2. The highest BCUT2D eigenvalue weighted by Crippen LogP contribution is 2.30. The van der Waals surface area contributed by atoms with E-state index >= 15 is 0 Å². The molecule has 2 N–H and O–H groups in total. The van der Waals surface area contributed by atoms with Gasteiger partial charge >= 0.3 is 0 Å². The zero-order valence-electron chi connectivity index (χ0n) is 11.6. The molecule has 1 saturated carbocycles. The topological polar surface area (TPSA) is 49.6 Å². The molecule has 1 aliphatic carbocycles. The van der Waals surface area contributed by atoms with E-state index in [0.29, 0.717) is 12.5 Å². The third kappa shape index (κ3) is 3.95. The quantitative estimate of drug-likeness (QED) is 0.765. The third-order valence-corrected chi connectivity index (χ3v) is 4.16. The zero-order valence-corrected chi connectivity index (χ0v) is 11.6. The zero-order chi connectivity index (χ0) is 13.0. The average Bonchev–Trinajstić information content (AvgIpc) is 3.20. The van der Waals surface area contributed by atoms with Crippen LogP contribution in [-0.4, -0.2) is 55.0 Å². The number of carbonyl (C=O) groups is 1. The van der Waals surface area contributed by atoms with Gasteiger partial charge in [0.15, 0.2) is 0 Å². The summed E-state index contributed by atoms with van der Waals surface area (Å²) >= 11 is 0. The first-order valence-electron chi connectivity index (χ1n) is 7.42. The summed E-state index contributed by atoms with van der Waals surface area (Å²) in [5.74, 6) is 1.42. The van der Waals surface area contributed by atoms with Gasteiger partial charge in [-0.2, -0.15) is 0 Å². The predicted octanol–water partition coefficient (Wildman–Crippen LogP) is 0.916. The summed E-state index contributed by atoms with van der Waals surface area (Å²) in [7, 11) is 0. The summed E-state index contributed by atoms with van der Waals surface area (Å²) in [6, 6.07) is 0. The van der Waals surface area contributed by atoms with Gasteiger partial charge in [0.05, 0.1) is 0 Å². The molecular formula is C14H27N3O. The van der Waals surface area contributed by atoms with Gasteiger partial charge in [-0.05, 0) is 38.1 Å². The molecule has 2 fully saturated rings. The normalized spacial score (nSPS) is 23.1. The lowest BCUT2D eigenvalue weighted by atomic mass is 10.0. The van der Waals surface area contributed by atoms with Crippen LogP contribution in [0, 0.1) is 11.8 Å². The van der Waals surface area contributed by atoms with Gasteiger partial charge in [0, 0.05) is 38.6 Å². The molecule has 2 rings (SSSR count). The fourth-order valence-electron chi connectivity index (χ4n) is 2.68. The molecule has 0 aromatic heterocycles. The minimum absolute atomic E-state index is 0.142. The molecule has 2 aliphatic rings. The molecular weight excluding hydrogens is 226 g/mol. The van der Waals surface area contributed by atoms with Crippen molar-refractivity contribution in [3.8, 4) is 0 Å². The Kier molecular flexibility index (Phi) is 5.01. The highest BCUT2D eigenvalue weighted by Gasteiger charge is 2.28. The Morgan fingerprint density at radius 3 is 2.50 bits per heavy atom. The summed E-state index contributed by atoms with van der Waals surface area (Å²) in [4.78, 5) is 16.8. The van der Waals surface area contributed by atoms with E-state index in [9.17, 15) is 4.79 Å². The summed E-state index contributed by atoms with van der Waals surface area (Å²) < 4.78 is 0. The van der Waals surface area contributed by atoms with E-state index in [0.717, 1.165) is 44.9 Å². The number of nitrogens with zero attached hydrogens (tertiary/aromatic N) is 2. The maximum Gasteiger partial charge on any atom is 0.225 e. The summed E-state index contributed by atoms with van der Waals surface area (Å²) in [6.45, 7) is 7.93. The lowest BCUT2D eigenvalue weighted by molar-refractivity contribution is -0.137. The molecule has 1 unspecified atom stereocenters. The van der Waals surface area contributed by atoms with Gasteiger partial charge in [-0.3, -0.25) is 9.69 Å². The fraction of sp³-hybridized carbons (Fsp3) is 0.929. The van der Waals surface area contributed by atoms with E-state index in [1.807, 2.05) is 11.8 Å². The van der Waals surface area contributed by atoms with E-state index in [-0.39, 0.29) is 5.92 Å². The molecule has 4 nitrogen and oxygen atoms in total. The van der Waals surface area contributed by atoms with Crippen molar-refractivity contribution in [2.24, 2.45) is 17.6 Å². The standard InChI is InChI=1S/C14H27N3O/c1-12(3-2-6-15)14(18)17-9-7-16(8-10-17)11-13-4-5-13/h12-13H,2-11,15H2,1H3. The minimum Gasteiger partial charge on any atom is -0.340 e. The molecule has 0 bridgehead atoms. The van der Waals surface area contributed by atoms with Gasteiger partial charge in [0.1, 0.15) is 0 Å². The van der Waals surface area contributed by atoms with E-state index in [2.05, 4.69) is 4.90 Å². The molecule has 18 heavy (non-hydrogen) atoms. The Bertz CT molecular complexity index is 270. The van der Waals surface area contributed by atoms with Crippen LogP contribution in [0.2, 0.25) is 0 Å². The monoisotopic (exact) mass is 253 g/mol. The number of rotatable bonds is 6. The largest absolute Gasteiger partial charge is 0.340 e. The molecule has 0 spiro atoms. The lowest BCUT2D eigenvalue weighted by Crippen LogP contribution is -2.50. The second-order valence-electron chi connectivity index (χ2n) is 5.90. The van der Waals surface area contributed by atoms with E-state index in [1.165, 1.54) is 19.4 Å². The van der Waals surface area contributed by atoms with Crippen molar-refractivity contribution in [3.63, 3.8) is 0 Å². The van der Waals surface area contributed by atoms with Crippen molar-refractivity contribution in [2.45, 2.75) is 32.6 Å². The molecule has 0 radical (unpaired) electrons. The van der Waals surface area contributed by atoms with Crippen LogP contribution in [0.25, 0.3) is 0 Å². The van der Waals surface area contributed by atoms with Crippen LogP contribution in [0.1, 0.15) is 32.6 Å². The molecule has 0 aromatic rings. The SMILES string of the molecule is CC(CCCN)C(=O)N1CCN(CC2CC2)CC1. The fourth-order valence-corrected chi connectivity index (χ4v) is 2.68. The van der Waals surface area contributed by atoms with Gasteiger partial charge in [0.25, 0.3) is 0 Å². The Morgan fingerprint density at radius 2 is 1.94 bits per heavy atom. The number of amides is 1. The van der Waals surface area contributed by atoms with Crippen molar-refractivity contribution < 1.29 is 4.79 Å². The molecule has 4 heteroatoms. The first kappa shape index (κ1) is 13.8. The molecule has 104 valence electrons. The third-order valence-electron chi connectivity index (χ3n) is 4.16. The van der Waals surface area contributed by atoms with Crippen molar-refractivity contribution in [1.29, 1.82) is 0 Å². The van der Waals surface area contributed by atoms with Crippen LogP contribution < -0.4 is 5.73 Å². The molecule has 1 aliphatic heterocycles. The van der Waals surface area contributed by atoms with Gasteiger partial charge in [-0.25, -0.2) is 0 Å². The van der Waals surface area contributed by atoms with Gasteiger partial charge in [-0.1, -0.05) is 6.92 Å². The highest BCUT2D eigenvalue weighted by molar-refractivity contribution is 5.78. The first-order chi connectivity index (χ1) is 8.70. The van der Waals surface area contributed by atoms with Crippen LogP contribution in [0.3, 0.4) is 0 Å². The number of carbonyl (C=O) groups excluding carboxylic acids is 1. The maximum atomic E-state index is 12.2. The van der Waals surface area contributed by atoms with Crippen molar-refractivity contribution in [1.82, 2.24) is 9.80 Å². The van der Waals surface area contributed by atoms with Crippen molar-refractivity contribution in [3.05, 3.63) is 0 Å². The second kappa shape index (κ2) is 6.53. The molecule has 1 saturated heterocycles. The van der Waals surface area contributed by atoms with Crippen LogP contribution in [-0.2, 0) is 4.79 Å². The van der Waals surface area contributed by atoms with E-state index in [4.69, 9.17) is 5.73 Å². The van der Waals surface area contributed by atoms with E-state index < -0.39 is 0 Å². The van der Waals surface area contributed by atoms with Gasteiger partial charge < -0.3 is 10.6 Å².